The molecule has 0 spiro atoms. The standard InChI is InChI=1S/C29H21N3O3S2/c33-26-25(18-21-10-7-17-31(28(21)36)19-20-8-3-1-4-9-20)27(34)32(29(37)30-26)22-13-15-24(16-14-22)35-23-11-5-2-6-12-23/h1-18H,19H2,(H,30,33,37)/b25-18+. The first-order valence-corrected chi connectivity index (χ1v) is 12.3. The maximum absolute atomic E-state index is 13.5. The van der Waals surface area contributed by atoms with Gasteiger partial charge >= 0.3 is 0 Å². The maximum Gasteiger partial charge on any atom is 0.270 e. The third kappa shape index (κ3) is 5.40. The predicted molar refractivity (Wildman–Crippen MR) is 150 cm³/mol. The minimum absolute atomic E-state index is 0.00896. The largest absolute Gasteiger partial charge is 0.457 e. The Hall–Kier alpha value is -4.40. The maximum atomic E-state index is 13.5. The molecule has 1 fully saturated rings. The van der Waals surface area contributed by atoms with Crippen LogP contribution in [0.15, 0.2) is 109 Å². The first-order valence-electron chi connectivity index (χ1n) is 11.5. The van der Waals surface area contributed by atoms with Crippen molar-refractivity contribution in [2.24, 2.45) is 0 Å². The lowest BCUT2D eigenvalue weighted by Crippen LogP contribution is -2.54. The zero-order valence-electron chi connectivity index (χ0n) is 19.5. The number of nitrogens with one attached hydrogen (secondary N) is 1. The number of carbonyl (C=O) groups excluding carboxylic acids is 2. The molecule has 0 aliphatic carbocycles. The van der Waals surface area contributed by atoms with Gasteiger partial charge < -0.3 is 9.30 Å². The molecule has 1 aliphatic heterocycles. The highest BCUT2D eigenvalue weighted by Crippen LogP contribution is 2.27. The smallest absolute Gasteiger partial charge is 0.270 e. The average Bonchev–Trinajstić information content (AvgIpc) is 2.90. The van der Waals surface area contributed by atoms with Gasteiger partial charge in [-0.3, -0.25) is 19.8 Å². The molecule has 0 saturated carbocycles. The van der Waals surface area contributed by atoms with E-state index in [9.17, 15) is 9.59 Å². The summed E-state index contributed by atoms with van der Waals surface area (Å²) in [5.74, 6) is 0.207. The summed E-state index contributed by atoms with van der Waals surface area (Å²) < 4.78 is 8.24. The van der Waals surface area contributed by atoms with Crippen LogP contribution in [0.1, 0.15) is 11.1 Å². The molecule has 0 unspecified atom stereocenters. The third-order valence-electron chi connectivity index (χ3n) is 5.72. The lowest BCUT2D eigenvalue weighted by molar-refractivity contribution is -0.122. The number of aromatic nitrogens is 1. The number of para-hydroxylation sites is 1. The highest BCUT2D eigenvalue weighted by Gasteiger charge is 2.34. The second kappa shape index (κ2) is 10.7. The van der Waals surface area contributed by atoms with Crippen molar-refractivity contribution in [1.29, 1.82) is 0 Å². The number of benzene rings is 3. The lowest BCUT2D eigenvalue weighted by Gasteiger charge is -2.29. The van der Waals surface area contributed by atoms with Gasteiger partial charge in [-0.15, -0.1) is 0 Å². The highest BCUT2D eigenvalue weighted by molar-refractivity contribution is 7.80. The summed E-state index contributed by atoms with van der Waals surface area (Å²) in [6, 6.07) is 29.8. The Morgan fingerprint density at radius 3 is 2.14 bits per heavy atom. The van der Waals surface area contributed by atoms with Gasteiger partial charge in [0.15, 0.2) is 5.11 Å². The molecule has 6 nitrogen and oxygen atoms in total. The van der Waals surface area contributed by atoms with E-state index in [1.165, 1.54) is 11.0 Å². The van der Waals surface area contributed by atoms with Crippen molar-refractivity contribution in [3.05, 3.63) is 125 Å². The number of hydrogen-bond acceptors (Lipinski definition) is 5. The van der Waals surface area contributed by atoms with E-state index < -0.39 is 11.8 Å². The fraction of sp³-hybridized carbons (Fsp3) is 0.0345. The van der Waals surface area contributed by atoms with E-state index in [0.29, 0.717) is 33.9 Å². The van der Waals surface area contributed by atoms with E-state index in [2.05, 4.69) is 5.32 Å². The lowest BCUT2D eigenvalue weighted by atomic mass is 10.1. The summed E-state index contributed by atoms with van der Waals surface area (Å²) in [6.45, 7) is 0.574. The normalized spacial score (nSPS) is 14.5. The van der Waals surface area contributed by atoms with Crippen LogP contribution in [0.25, 0.3) is 6.08 Å². The van der Waals surface area contributed by atoms with Gasteiger partial charge in [-0.1, -0.05) is 66.8 Å². The Balaban J connectivity index is 1.41. The van der Waals surface area contributed by atoms with Crippen LogP contribution >= 0.6 is 24.4 Å². The van der Waals surface area contributed by atoms with Crippen LogP contribution in [-0.4, -0.2) is 21.5 Å². The van der Waals surface area contributed by atoms with Gasteiger partial charge in [0, 0.05) is 18.3 Å². The molecule has 1 aromatic heterocycles. The van der Waals surface area contributed by atoms with Gasteiger partial charge in [0.2, 0.25) is 0 Å². The number of anilines is 1. The number of rotatable bonds is 6. The molecule has 1 aliphatic rings. The summed E-state index contributed by atoms with van der Waals surface area (Å²) in [5.41, 5.74) is 2.13. The summed E-state index contributed by atoms with van der Waals surface area (Å²) in [7, 11) is 0. The van der Waals surface area contributed by atoms with Crippen LogP contribution in [0.2, 0.25) is 0 Å². The summed E-state index contributed by atoms with van der Waals surface area (Å²) >= 11 is 11.0. The van der Waals surface area contributed by atoms with Crippen molar-refractivity contribution in [2.45, 2.75) is 6.54 Å². The van der Waals surface area contributed by atoms with Crippen LogP contribution in [0.5, 0.6) is 11.5 Å². The molecule has 1 N–H and O–H groups in total. The molecule has 0 bridgehead atoms. The van der Waals surface area contributed by atoms with Crippen molar-refractivity contribution < 1.29 is 14.3 Å². The molecule has 0 atom stereocenters. The van der Waals surface area contributed by atoms with Crippen molar-refractivity contribution in [3.8, 4) is 11.5 Å². The molecule has 8 heteroatoms. The summed E-state index contributed by atoms with van der Waals surface area (Å²) in [5, 5.41) is 2.62. The molecule has 182 valence electrons. The molecule has 2 amide bonds. The number of carbonyl (C=O) groups is 2. The number of hydrogen-bond donors (Lipinski definition) is 1. The first-order chi connectivity index (χ1) is 18.0. The van der Waals surface area contributed by atoms with Crippen LogP contribution in [-0.2, 0) is 16.1 Å². The van der Waals surface area contributed by atoms with Gasteiger partial charge in [0.1, 0.15) is 21.7 Å². The van der Waals surface area contributed by atoms with E-state index in [-0.39, 0.29) is 10.7 Å². The molecule has 3 aromatic carbocycles. The van der Waals surface area contributed by atoms with Gasteiger partial charge in [0.05, 0.1) is 5.69 Å². The number of thiocarbonyl (C=S) groups is 1. The molecule has 5 rings (SSSR count). The molecular weight excluding hydrogens is 502 g/mol. The zero-order valence-corrected chi connectivity index (χ0v) is 21.2. The van der Waals surface area contributed by atoms with Crippen molar-refractivity contribution in [3.63, 3.8) is 0 Å². The molecule has 37 heavy (non-hydrogen) atoms. The second-order valence-corrected chi connectivity index (χ2v) is 9.02. The van der Waals surface area contributed by atoms with Crippen LogP contribution < -0.4 is 15.0 Å². The topological polar surface area (TPSA) is 63.6 Å². The Labute approximate surface area is 224 Å². The number of amides is 2. The first kappa shape index (κ1) is 24.3. The van der Waals surface area contributed by atoms with E-state index in [1.807, 2.05) is 77.5 Å². The third-order valence-corrected chi connectivity index (χ3v) is 6.48. The van der Waals surface area contributed by atoms with Gasteiger partial charge in [0.25, 0.3) is 11.8 Å². The molecule has 2 heterocycles. The van der Waals surface area contributed by atoms with Crippen molar-refractivity contribution >= 4 is 53.1 Å². The Kier molecular flexibility index (Phi) is 7.02. The average molecular weight is 524 g/mol. The van der Waals surface area contributed by atoms with Crippen LogP contribution in [0, 0.1) is 4.64 Å². The van der Waals surface area contributed by atoms with Crippen molar-refractivity contribution in [1.82, 2.24) is 9.88 Å². The van der Waals surface area contributed by atoms with Crippen LogP contribution in [0.4, 0.5) is 5.69 Å². The van der Waals surface area contributed by atoms with E-state index in [4.69, 9.17) is 29.2 Å². The Morgan fingerprint density at radius 1 is 0.784 bits per heavy atom. The minimum atomic E-state index is -0.567. The fourth-order valence-corrected chi connectivity index (χ4v) is 4.44. The number of nitrogens with zero attached hydrogens (tertiary/aromatic N) is 2. The van der Waals surface area contributed by atoms with Gasteiger partial charge in [-0.25, -0.2) is 0 Å². The highest BCUT2D eigenvalue weighted by atomic mass is 32.1. The number of ether oxygens (including phenoxy) is 1. The monoisotopic (exact) mass is 523 g/mol. The Bertz CT molecular complexity index is 1560. The molecule has 4 aromatic rings. The quantitative estimate of drug-likeness (QED) is 0.194. The molecular formula is C29H21N3O3S2. The second-order valence-electron chi connectivity index (χ2n) is 8.25. The summed E-state index contributed by atoms with van der Waals surface area (Å²) in [4.78, 5) is 27.5. The molecule has 1 saturated heterocycles. The fourth-order valence-electron chi connectivity index (χ4n) is 3.91. The summed E-state index contributed by atoms with van der Waals surface area (Å²) in [6.07, 6.45) is 3.39. The van der Waals surface area contributed by atoms with E-state index >= 15 is 0 Å². The van der Waals surface area contributed by atoms with Gasteiger partial charge in [-0.2, -0.15) is 0 Å². The predicted octanol–water partition coefficient (Wildman–Crippen LogP) is 5.89. The molecule has 0 radical (unpaired) electrons. The zero-order chi connectivity index (χ0) is 25.8. The van der Waals surface area contributed by atoms with Crippen molar-refractivity contribution in [2.75, 3.05) is 4.90 Å². The van der Waals surface area contributed by atoms with Crippen LogP contribution in [0.3, 0.4) is 0 Å². The van der Waals surface area contributed by atoms with E-state index in [1.54, 1.807) is 30.3 Å². The van der Waals surface area contributed by atoms with Gasteiger partial charge in [-0.05, 0) is 66.3 Å². The number of pyridine rings is 1. The SMILES string of the molecule is O=C1NC(=S)N(c2ccc(Oc3ccccc3)cc2)C(=O)/C1=C/c1cccn(Cc2ccccc2)c1=S. The Morgan fingerprint density at radius 2 is 1.43 bits per heavy atom. The minimum Gasteiger partial charge on any atom is -0.457 e. The van der Waals surface area contributed by atoms with E-state index in [0.717, 1.165) is 5.56 Å².